The Morgan fingerprint density at radius 3 is 2.45 bits per heavy atom. The molecular formula is C15H19O6P. The fourth-order valence-corrected chi connectivity index (χ4v) is 2.93. The number of fused-ring (bicyclic) bond motifs is 1. The Hall–Kier alpha value is -1.46. The molecule has 0 saturated carbocycles. The average Bonchev–Trinajstić information content (AvgIpc) is 2.90. The molecule has 2 rings (SSSR count). The topological polar surface area (TPSA) is 86.0 Å². The van der Waals surface area contributed by atoms with Gasteiger partial charge in [-0.1, -0.05) is 0 Å². The zero-order chi connectivity index (χ0) is 16.5. The lowest BCUT2D eigenvalue weighted by Crippen LogP contribution is -2.13. The zero-order valence-corrected chi connectivity index (χ0v) is 13.8. The van der Waals surface area contributed by atoms with Gasteiger partial charge in [0.1, 0.15) is 23.1 Å². The molecule has 22 heavy (non-hydrogen) atoms. The van der Waals surface area contributed by atoms with Crippen molar-refractivity contribution in [3.05, 3.63) is 35.6 Å². The second kappa shape index (κ2) is 5.97. The summed E-state index contributed by atoms with van der Waals surface area (Å²) in [5.41, 5.74) is -0.161. The van der Waals surface area contributed by atoms with Crippen LogP contribution in [0.3, 0.4) is 0 Å². The number of ketones is 1. The van der Waals surface area contributed by atoms with E-state index in [0.29, 0.717) is 22.3 Å². The number of benzene rings is 1. The third-order valence-electron chi connectivity index (χ3n) is 3.33. The van der Waals surface area contributed by atoms with Gasteiger partial charge in [-0.2, -0.15) is 0 Å². The van der Waals surface area contributed by atoms with Crippen molar-refractivity contribution < 1.29 is 27.9 Å². The van der Waals surface area contributed by atoms with Gasteiger partial charge in [0.05, 0.1) is 0 Å². The summed E-state index contributed by atoms with van der Waals surface area (Å²) in [6.45, 7) is 3.23. The highest BCUT2D eigenvalue weighted by Crippen LogP contribution is 2.46. The van der Waals surface area contributed by atoms with Gasteiger partial charge in [0.15, 0.2) is 5.78 Å². The molecule has 0 radical (unpaired) electrons. The summed E-state index contributed by atoms with van der Waals surface area (Å²) in [5.74, 6) is 0.0616. The van der Waals surface area contributed by atoms with E-state index in [2.05, 4.69) is 0 Å². The number of Topliss-reactive ketones (excluding diaryl/α,β-unsaturated/α-hetero) is 1. The fraction of sp³-hybridized carbons (Fsp3) is 0.400. The lowest BCUT2D eigenvalue weighted by atomic mass is 10.1. The van der Waals surface area contributed by atoms with E-state index in [-0.39, 0.29) is 11.9 Å². The Bertz CT molecular complexity index is 732. The number of carbonyl (C=O) groups excluding carboxylic acids is 1. The Labute approximate surface area is 128 Å². The monoisotopic (exact) mass is 326 g/mol. The van der Waals surface area contributed by atoms with Gasteiger partial charge >= 0.3 is 7.60 Å². The molecule has 0 unspecified atom stereocenters. The third-order valence-corrected chi connectivity index (χ3v) is 5.12. The number of hydrogen-bond donors (Lipinski definition) is 1. The van der Waals surface area contributed by atoms with Crippen molar-refractivity contribution in [3.8, 4) is 0 Å². The molecule has 0 bridgehead atoms. The highest BCUT2D eigenvalue weighted by atomic mass is 31.2. The van der Waals surface area contributed by atoms with Crippen molar-refractivity contribution in [2.75, 3.05) is 20.4 Å². The van der Waals surface area contributed by atoms with Crippen LogP contribution in [0.4, 0.5) is 0 Å². The summed E-state index contributed by atoms with van der Waals surface area (Å²) >= 11 is 0. The minimum absolute atomic E-state index is 0.332. The van der Waals surface area contributed by atoms with Crippen LogP contribution in [-0.4, -0.2) is 31.3 Å². The molecule has 2 aromatic rings. The second-order valence-electron chi connectivity index (χ2n) is 5.48. The molecule has 0 aliphatic heterocycles. The van der Waals surface area contributed by atoms with Crippen LogP contribution in [0.15, 0.2) is 28.7 Å². The second-order valence-corrected chi connectivity index (χ2v) is 7.75. The highest BCUT2D eigenvalue weighted by Gasteiger charge is 2.27. The summed E-state index contributed by atoms with van der Waals surface area (Å²) in [6, 6.07) is 6.53. The van der Waals surface area contributed by atoms with E-state index in [1.165, 1.54) is 14.2 Å². The van der Waals surface area contributed by atoms with E-state index >= 15 is 0 Å². The van der Waals surface area contributed by atoms with Crippen molar-refractivity contribution in [1.82, 2.24) is 0 Å². The minimum atomic E-state index is -3.40. The normalized spacial score (nSPS) is 12.8. The lowest BCUT2D eigenvalue weighted by molar-refractivity contribution is 0.0559. The quantitative estimate of drug-likeness (QED) is 0.647. The van der Waals surface area contributed by atoms with Crippen LogP contribution in [0.5, 0.6) is 0 Å². The first kappa shape index (κ1) is 16.9. The van der Waals surface area contributed by atoms with Gasteiger partial charge in [-0.3, -0.25) is 9.36 Å². The van der Waals surface area contributed by atoms with Gasteiger partial charge in [-0.15, -0.1) is 0 Å². The van der Waals surface area contributed by atoms with Crippen molar-refractivity contribution in [1.29, 1.82) is 0 Å². The standard InChI is InChI=1S/C15H19O6P/c1-15(2,17)14-8-11-7-10(5-6-13(11)21-14)12(16)9-22(18,19-3)20-4/h5-8,17H,9H2,1-4H3. The number of furan rings is 1. The Balaban J connectivity index is 2.33. The molecule has 1 N–H and O–H groups in total. The third kappa shape index (κ3) is 3.47. The van der Waals surface area contributed by atoms with Crippen molar-refractivity contribution >= 4 is 24.3 Å². The molecule has 7 heteroatoms. The van der Waals surface area contributed by atoms with E-state index in [9.17, 15) is 14.5 Å². The van der Waals surface area contributed by atoms with Crippen LogP contribution in [0, 0.1) is 0 Å². The Morgan fingerprint density at radius 1 is 1.27 bits per heavy atom. The Kier molecular flexibility index (Phi) is 4.59. The van der Waals surface area contributed by atoms with Gasteiger partial charge < -0.3 is 18.6 Å². The molecule has 120 valence electrons. The van der Waals surface area contributed by atoms with Crippen LogP contribution in [0.1, 0.15) is 30.0 Å². The van der Waals surface area contributed by atoms with Crippen LogP contribution in [-0.2, 0) is 19.2 Å². The summed E-state index contributed by atoms with van der Waals surface area (Å²) in [6.07, 6.45) is -0.332. The maximum Gasteiger partial charge on any atom is 0.337 e. The van der Waals surface area contributed by atoms with Gasteiger partial charge in [-0.25, -0.2) is 0 Å². The summed E-state index contributed by atoms with van der Waals surface area (Å²) in [4.78, 5) is 12.2. The van der Waals surface area contributed by atoms with Crippen molar-refractivity contribution in [2.24, 2.45) is 0 Å². The highest BCUT2D eigenvalue weighted by molar-refractivity contribution is 7.54. The van der Waals surface area contributed by atoms with Gasteiger partial charge in [0.25, 0.3) is 0 Å². The van der Waals surface area contributed by atoms with E-state index in [1.54, 1.807) is 38.1 Å². The smallest absolute Gasteiger partial charge is 0.337 e. The average molecular weight is 326 g/mol. The molecule has 1 heterocycles. The van der Waals surface area contributed by atoms with Crippen molar-refractivity contribution in [2.45, 2.75) is 19.4 Å². The van der Waals surface area contributed by atoms with Gasteiger partial charge in [-0.05, 0) is 38.1 Å². The van der Waals surface area contributed by atoms with Gasteiger partial charge in [0.2, 0.25) is 0 Å². The van der Waals surface area contributed by atoms with Gasteiger partial charge in [0, 0.05) is 25.2 Å². The van der Waals surface area contributed by atoms with E-state index < -0.39 is 13.2 Å². The first-order chi connectivity index (χ1) is 10.2. The molecule has 0 atom stereocenters. The molecule has 1 aromatic heterocycles. The first-order valence-corrected chi connectivity index (χ1v) is 8.41. The molecule has 1 aromatic carbocycles. The minimum Gasteiger partial charge on any atom is -0.458 e. The molecule has 0 aliphatic rings. The van der Waals surface area contributed by atoms with E-state index in [1.807, 2.05) is 0 Å². The SMILES string of the molecule is COP(=O)(CC(=O)c1ccc2oc(C(C)(C)O)cc2c1)OC. The lowest BCUT2D eigenvalue weighted by Gasteiger charge is -2.12. The number of carbonyl (C=O) groups is 1. The molecular weight excluding hydrogens is 307 g/mol. The molecule has 6 nitrogen and oxygen atoms in total. The molecule has 0 saturated heterocycles. The molecule has 0 fully saturated rings. The van der Waals surface area contributed by atoms with E-state index in [0.717, 1.165) is 0 Å². The number of hydrogen-bond acceptors (Lipinski definition) is 6. The maximum absolute atomic E-state index is 12.2. The largest absolute Gasteiger partial charge is 0.458 e. The predicted octanol–water partition coefficient (Wildman–Crippen LogP) is 3.33. The molecule has 0 spiro atoms. The predicted molar refractivity (Wildman–Crippen MR) is 82.3 cm³/mol. The number of rotatable bonds is 6. The van der Waals surface area contributed by atoms with Crippen LogP contribution in [0.25, 0.3) is 11.0 Å². The maximum atomic E-state index is 12.2. The molecule has 0 amide bonds. The summed E-state index contributed by atoms with van der Waals surface area (Å²) in [5, 5.41) is 10.6. The number of aliphatic hydroxyl groups is 1. The van der Waals surface area contributed by atoms with Crippen LogP contribution >= 0.6 is 7.60 Å². The first-order valence-electron chi connectivity index (χ1n) is 6.69. The van der Waals surface area contributed by atoms with E-state index in [4.69, 9.17) is 13.5 Å². The summed E-state index contributed by atoms with van der Waals surface area (Å²) in [7, 11) is -0.912. The molecule has 0 aliphatic carbocycles. The summed E-state index contributed by atoms with van der Waals surface area (Å²) < 4.78 is 27.1. The van der Waals surface area contributed by atoms with Crippen LogP contribution < -0.4 is 0 Å². The Morgan fingerprint density at radius 2 is 1.91 bits per heavy atom. The van der Waals surface area contributed by atoms with Crippen molar-refractivity contribution in [3.63, 3.8) is 0 Å². The zero-order valence-electron chi connectivity index (χ0n) is 13.0. The fourth-order valence-electron chi connectivity index (χ4n) is 1.99. The van der Waals surface area contributed by atoms with Crippen LogP contribution in [0.2, 0.25) is 0 Å².